The van der Waals surface area contributed by atoms with Crippen molar-refractivity contribution in [1.82, 2.24) is 0 Å². The quantitative estimate of drug-likeness (QED) is 0.513. The van der Waals surface area contributed by atoms with Crippen molar-refractivity contribution in [1.29, 1.82) is 0 Å². The summed E-state index contributed by atoms with van der Waals surface area (Å²) < 4.78 is 27.7. The Morgan fingerprint density at radius 2 is 1.67 bits per heavy atom. The number of hydrogen-bond donors (Lipinski definition) is 0. The van der Waals surface area contributed by atoms with Gasteiger partial charge in [-0.05, 0) is 71.9 Å². The lowest BCUT2D eigenvalue weighted by Crippen LogP contribution is -2.29. The molecule has 1 aliphatic heterocycles. The molecule has 2 aliphatic rings. The fourth-order valence-electron chi connectivity index (χ4n) is 4.88. The van der Waals surface area contributed by atoms with Gasteiger partial charge in [0.2, 0.25) is 0 Å². The Bertz CT molecular complexity index is 1140. The third-order valence-electron chi connectivity index (χ3n) is 6.66. The maximum absolute atomic E-state index is 13.1. The van der Waals surface area contributed by atoms with Crippen molar-refractivity contribution in [3.63, 3.8) is 0 Å². The molecule has 3 atom stereocenters. The summed E-state index contributed by atoms with van der Waals surface area (Å²) in [5, 5.41) is 0. The Hall–Kier alpha value is -2.59. The minimum Gasteiger partial charge on any atom is -0.266 e. The summed E-state index contributed by atoms with van der Waals surface area (Å²) in [6, 6.07) is 25.9. The van der Waals surface area contributed by atoms with Crippen molar-refractivity contribution in [2.24, 2.45) is 5.92 Å². The Morgan fingerprint density at radius 1 is 0.967 bits per heavy atom. The summed E-state index contributed by atoms with van der Waals surface area (Å²) in [6.07, 6.45) is 3.23. The average Bonchev–Trinajstić information content (AvgIpc) is 3.40. The third-order valence-corrected chi connectivity index (χ3v) is 8.49. The highest BCUT2D eigenvalue weighted by Crippen LogP contribution is 2.52. The monoisotopic (exact) mass is 417 g/mol. The van der Waals surface area contributed by atoms with Crippen LogP contribution in [0.25, 0.3) is 0 Å². The van der Waals surface area contributed by atoms with Gasteiger partial charge in [0.15, 0.2) is 0 Å². The van der Waals surface area contributed by atoms with E-state index in [1.807, 2.05) is 12.1 Å². The molecule has 4 heteroatoms. The van der Waals surface area contributed by atoms with Gasteiger partial charge in [0.1, 0.15) is 0 Å². The predicted octanol–water partition coefficient (Wildman–Crippen LogP) is 5.74. The molecule has 0 N–H and O–H groups in total. The van der Waals surface area contributed by atoms with Gasteiger partial charge >= 0.3 is 0 Å². The Kier molecular flexibility index (Phi) is 4.90. The molecule has 0 saturated heterocycles. The van der Waals surface area contributed by atoms with Gasteiger partial charge in [-0.15, -0.1) is 0 Å². The molecular weight excluding hydrogens is 390 g/mol. The molecule has 0 aromatic heterocycles. The zero-order chi connectivity index (χ0) is 20.7. The maximum atomic E-state index is 13.1. The summed E-state index contributed by atoms with van der Waals surface area (Å²) in [6.45, 7) is 2.84. The van der Waals surface area contributed by atoms with E-state index < -0.39 is 10.0 Å². The van der Waals surface area contributed by atoms with Gasteiger partial charge in [-0.25, -0.2) is 8.42 Å². The van der Waals surface area contributed by atoms with Crippen molar-refractivity contribution < 1.29 is 8.42 Å². The number of hydrogen-bond acceptors (Lipinski definition) is 2. The van der Waals surface area contributed by atoms with E-state index in [1.54, 1.807) is 28.6 Å². The van der Waals surface area contributed by atoms with E-state index in [4.69, 9.17) is 0 Å². The van der Waals surface area contributed by atoms with Gasteiger partial charge < -0.3 is 0 Å². The third kappa shape index (κ3) is 3.54. The molecule has 1 saturated carbocycles. The number of nitrogens with zero attached hydrogens (tertiary/aromatic N) is 1. The highest BCUT2D eigenvalue weighted by molar-refractivity contribution is 7.92. The van der Waals surface area contributed by atoms with Crippen molar-refractivity contribution in [3.05, 3.63) is 95.6 Å². The molecule has 3 aromatic carbocycles. The van der Waals surface area contributed by atoms with Crippen molar-refractivity contribution in [2.45, 2.75) is 42.9 Å². The lowest BCUT2D eigenvalue weighted by molar-refractivity contribution is 0.592. The molecule has 0 spiro atoms. The van der Waals surface area contributed by atoms with Crippen LogP contribution in [-0.2, 0) is 16.4 Å². The largest absolute Gasteiger partial charge is 0.266 e. The van der Waals surface area contributed by atoms with E-state index in [9.17, 15) is 8.42 Å². The van der Waals surface area contributed by atoms with E-state index in [-0.39, 0.29) is 0 Å². The van der Waals surface area contributed by atoms with Crippen LogP contribution in [-0.4, -0.2) is 15.0 Å². The second-order valence-electron chi connectivity index (χ2n) is 8.68. The second-order valence-corrected chi connectivity index (χ2v) is 10.5. The van der Waals surface area contributed by atoms with Crippen LogP contribution in [0.4, 0.5) is 5.69 Å². The van der Waals surface area contributed by atoms with Crippen LogP contribution in [0.3, 0.4) is 0 Å². The van der Waals surface area contributed by atoms with Crippen LogP contribution >= 0.6 is 0 Å². The first kappa shape index (κ1) is 19.4. The highest BCUT2D eigenvalue weighted by atomic mass is 32.2. The summed E-state index contributed by atoms with van der Waals surface area (Å²) in [4.78, 5) is 0.360. The lowest BCUT2D eigenvalue weighted by atomic mass is 9.94. The predicted molar refractivity (Wildman–Crippen MR) is 121 cm³/mol. The first-order valence-corrected chi connectivity index (χ1v) is 12.2. The molecule has 0 radical (unpaired) electrons. The molecule has 5 rings (SSSR count). The maximum Gasteiger partial charge on any atom is 0.264 e. The summed E-state index contributed by atoms with van der Waals surface area (Å²) in [7, 11) is -3.49. The minimum atomic E-state index is -3.49. The van der Waals surface area contributed by atoms with Crippen molar-refractivity contribution in [3.8, 4) is 0 Å². The Balaban J connectivity index is 1.31. The van der Waals surface area contributed by atoms with E-state index >= 15 is 0 Å². The smallest absolute Gasteiger partial charge is 0.264 e. The first-order chi connectivity index (χ1) is 14.5. The van der Waals surface area contributed by atoms with Crippen LogP contribution in [0, 0.1) is 5.92 Å². The molecule has 0 amide bonds. The van der Waals surface area contributed by atoms with Gasteiger partial charge in [0.25, 0.3) is 10.0 Å². The zero-order valence-corrected chi connectivity index (χ0v) is 18.1. The second kappa shape index (κ2) is 7.59. The van der Waals surface area contributed by atoms with E-state index in [0.29, 0.717) is 23.3 Å². The number of rotatable bonds is 6. The number of anilines is 1. The van der Waals surface area contributed by atoms with E-state index in [1.165, 1.54) is 24.0 Å². The number of sulfonamides is 1. The Morgan fingerprint density at radius 3 is 2.40 bits per heavy atom. The van der Waals surface area contributed by atoms with E-state index in [0.717, 1.165) is 23.6 Å². The van der Waals surface area contributed by atoms with Crippen LogP contribution < -0.4 is 4.31 Å². The first-order valence-electron chi connectivity index (χ1n) is 10.8. The van der Waals surface area contributed by atoms with E-state index in [2.05, 4.69) is 49.4 Å². The molecule has 154 valence electrons. The molecule has 0 bridgehead atoms. The fourth-order valence-corrected chi connectivity index (χ4v) is 6.40. The molecule has 1 heterocycles. The van der Waals surface area contributed by atoms with Gasteiger partial charge in [-0.3, -0.25) is 4.31 Å². The summed E-state index contributed by atoms with van der Waals surface area (Å²) >= 11 is 0. The summed E-state index contributed by atoms with van der Waals surface area (Å²) in [5.41, 5.74) is 4.79. The van der Waals surface area contributed by atoms with Crippen molar-refractivity contribution >= 4 is 15.7 Å². The van der Waals surface area contributed by atoms with Crippen LogP contribution in [0.1, 0.15) is 48.3 Å². The van der Waals surface area contributed by atoms with Crippen LogP contribution in [0.2, 0.25) is 0 Å². The van der Waals surface area contributed by atoms with Gasteiger partial charge in [0, 0.05) is 6.54 Å². The lowest BCUT2D eigenvalue weighted by Gasteiger charge is -2.19. The molecule has 30 heavy (non-hydrogen) atoms. The SMILES string of the molecule is CC(CC1CC1c1ccc2c(c1)CCN2S(=O)(=O)c1ccccc1)c1ccccc1. The number of benzene rings is 3. The molecule has 1 aliphatic carbocycles. The minimum absolute atomic E-state index is 0.360. The fraction of sp³-hybridized carbons (Fsp3) is 0.308. The normalized spacial score (nSPS) is 21.3. The van der Waals surface area contributed by atoms with Gasteiger partial charge in [-0.2, -0.15) is 0 Å². The average molecular weight is 418 g/mol. The van der Waals surface area contributed by atoms with Crippen molar-refractivity contribution in [2.75, 3.05) is 10.8 Å². The molecule has 3 aromatic rings. The Labute approximate surface area is 179 Å². The van der Waals surface area contributed by atoms with Gasteiger partial charge in [-0.1, -0.05) is 67.6 Å². The molecule has 3 nitrogen and oxygen atoms in total. The number of fused-ring (bicyclic) bond motifs is 1. The van der Waals surface area contributed by atoms with Crippen LogP contribution in [0.15, 0.2) is 83.8 Å². The molecule has 1 fully saturated rings. The standard InChI is InChI=1S/C26H27NO2S/c1-19(20-8-4-2-5-9-20)16-23-18-25(23)21-12-13-26-22(17-21)14-15-27(26)30(28,29)24-10-6-3-7-11-24/h2-13,17,19,23,25H,14-16,18H2,1H3. The zero-order valence-electron chi connectivity index (χ0n) is 17.2. The van der Waals surface area contributed by atoms with Crippen LogP contribution in [0.5, 0.6) is 0 Å². The highest BCUT2D eigenvalue weighted by Gasteiger charge is 2.40. The summed E-state index contributed by atoms with van der Waals surface area (Å²) in [5.74, 6) is 1.91. The van der Waals surface area contributed by atoms with Gasteiger partial charge in [0.05, 0.1) is 10.6 Å². The molecule has 3 unspecified atom stereocenters. The molecular formula is C26H27NO2S. The topological polar surface area (TPSA) is 37.4 Å².